The van der Waals surface area contributed by atoms with Gasteiger partial charge in [0.15, 0.2) is 0 Å². The molecule has 0 saturated carbocycles. The Balaban J connectivity index is 1.41. The minimum absolute atomic E-state index is 0.123. The second-order valence-corrected chi connectivity index (χ2v) is 11.0. The van der Waals surface area contributed by atoms with Crippen molar-refractivity contribution in [2.75, 3.05) is 36.0 Å². The monoisotopic (exact) mass is 583 g/mol. The van der Waals surface area contributed by atoms with Crippen LogP contribution in [0.2, 0.25) is 0 Å². The Bertz CT molecular complexity index is 1320. The molecular formula is C28H32BrF2N7. The third-order valence-electron chi connectivity index (χ3n) is 7.48. The molecule has 0 aliphatic carbocycles. The second kappa shape index (κ2) is 10.9. The van der Waals surface area contributed by atoms with Crippen molar-refractivity contribution in [3.8, 4) is 17.1 Å². The van der Waals surface area contributed by atoms with Crippen LogP contribution in [-0.2, 0) is 0 Å². The lowest BCUT2D eigenvalue weighted by molar-refractivity contribution is -0.0545. The van der Waals surface area contributed by atoms with Crippen LogP contribution in [0.3, 0.4) is 0 Å². The van der Waals surface area contributed by atoms with Crippen molar-refractivity contribution in [1.82, 2.24) is 25.0 Å². The molecule has 10 heteroatoms. The number of aryl methyl sites for hydroxylation is 1. The molecule has 4 heterocycles. The fourth-order valence-corrected chi connectivity index (χ4v) is 5.62. The van der Waals surface area contributed by atoms with E-state index in [4.69, 9.17) is 4.98 Å². The number of halogens is 3. The van der Waals surface area contributed by atoms with E-state index in [0.717, 1.165) is 53.9 Å². The average molecular weight is 585 g/mol. The maximum absolute atomic E-state index is 14.2. The molecule has 0 N–H and O–H groups in total. The molecule has 2 aromatic heterocycles. The SMILES string of the molecule is C=CCC1CCN(c2cc(Br)ccc2-n2cc(-c3cc(C)nc(N4CCC(F)(F)C(C=C)C4)n3)nn2)CC1. The summed E-state index contributed by atoms with van der Waals surface area (Å²) in [5, 5.41) is 8.85. The number of hydrogen-bond donors (Lipinski definition) is 0. The van der Waals surface area contributed by atoms with E-state index in [1.165, 1.54) is 6.08 Å². The molecule has 1 aromatic carbocycles. The number of anilines is 2. The Kier molecular flexibility index (Phi) is 7.61. The van der Waals surface area contributed by atoms with E-state index in [1.54, 1.807) is 9.58 Å². The Morgan fingerprint density at radius 3 is 2.58 bits per heavy atom. The van der Waals surface area contributed by atoms with Gasteiger partial charge in [0.25, 0.3) is 5.92 Å². The van der Waals surface area contributed by atoms with Crippen molar-refractivity contribution >= 4 is 27.6 Å². The maximum atomic E-state index is 14.2. The van der Waals surface area contributed by atoms with Gasteiger partial charge in [0, 0.05) is 42.8 Å². The smallest absolute Gasteiger partial charge is 0.257 e. The molecule has 1 atom stereocenters. The number of piperidine rings is 2. The van der Waals surface area contributed by atoms with Gasteiger partial charge in [0.05, 0.1) is 29.2 Å². The van der Waals surface area contributed by atoms with Gasteiger partial charge in [-0.3, -0.25) is 0 Å². The Hall–Kier alpha value is -3.14. The van der Waals surface area contributed by atoms with Gasteiger partial charge < -0.3 is 9.80 Å². The van der Waals surface area contributed by atoms with Crippen molar-refractivity contribution in [2.24, 2.45) is 11.8 Å². The molecule has 0 radical (unpaired) electrons. The largest absolute Gasteiger partial charge is 0.370 e. The predicted molar refractivity (Wildman–Crippen MR) is 150 cm³/mol. The van der Waals surface area contributed by atoms with Gasteiger partial charge in [0.1, 0.15) is 5.69 Å². The highest BCUT2D eigenvalue weighted by Crippen LogP contribution is 2.36. The van der Waals surface area contributed by atoms with Crippen LogP contribution in [0.4, 0.5) is 20.4 Å². The van der Waals surface area contributed by atoms with E-state index in [-0.39, 0.29) is 19.5 Å². The van der Waals surface area contributed by atoms with Gasteiger partial charge >= 0.3 is 0 Å². The van der Waals surface area contributed by atoms with Crippen LogP contribution in [0, 0.1) is 18.8 Å². The normalized spacial score (nSPS) is 19.9. The summed E-state index contributed by atoms with van der Waals surface area (Å²) in [6, 6.07) is 8.00. The van der Waals surface area contributed by atoms with Crippen LogP contribution >= 0.6 is 15.9 Å². The number of hydrogen-bond acceptors (Lipinski definition) is 6. The lowest BCUT2D eigenvalue weighted by Crippen LogP contribution is -2.47. The molecule has 0 bridgehead atoms. The summed E-state index contributed by atoms with van der Waals surface area (Å²) in [7, 11) is 0. The van der Waals surface area contributed by atoms with E-state index in [0.29, 0.717) is 23.3 Å². The topological polar surface area (TPSA) is 63.0 Å². The van der Waals surface area contributed by atoms with Gasteiger partial charge in [-0.25, -0.2) is 23.4 Å². The fraction of sp³-hybridized carbons (Fsp3) is 0.429. The molecule has 5 rings (SSSR count). The first-order valence-electron chi connectivity index (χ1n) is 13.0. The minimum atomic E-state index is -2.77. The molecule has 2 aliphatic rings. The van der Waals surface area contributed by atoms with E-state index >= 15 is 0 Å². The van der Waals surface area contributed by atoms with Gasteiger partial charge in [0.2, 0.25) is 5.95 Å². The van der Waals surface area contributed by atoms with Crippen LogP contribution in [0.25, 0.3) is 17.1 Å². The summed E-state index contributed by atoms with van der Waals surface area (Å²) >= 11 is 3.62. The average Bonchev–Trinajstić information content (AvgIpc) is 3.39. The van der Waals surface area contributed by atoms with Gasteiger partial charge in [-0.2, -0.15) is 0 Å². The minimum Gasteiger partial charge on any atom is -0.370 e. The quantitative estimate of drug-likeness (QED) is 0.307. The van der Waals surface area contributed by atoms with E-state index in [1.807, 2.05) is 37.4 Å². The van der Waals surface area contributed by atoms with E-state index in [9.17, 15) is 8.78 Å². The highest BCUT2D eigenvalue weighted by atomic mass is 79.9. The molecule has 2 saturated heterocycles. The third-order valence-corrected chi connectivity index (χ3v) is 7.97. The second-order valence-electron chi connectivity index (χ2n) is 10.1. The van der Waals surface area contributed by atoms with Crippen molar-refractivity contribution in [2.45, 2.75) is 38.5 Å². The van der Waals surface area contributed by atoms with Gasteiger partial charge in [-0.1, -0.05) is 33.3 Å². The number of benzene rings is 1. The van der Waals surface area contributed by atoms with Crippen LogP contribution in [0.15, 0.2) is 60.2 Å². The molecule has 7 nitrogen and oxygen atoms in total. The van der Waals surface area contributed by atoms with Crippen molar-refractivity contribution in [3.63, 3.8) is 0 Å². The molecular weight excluding hydrogens is 552 g/mol. The van der Waals surface area contributed by atoms with Crippen molar-refractivity contribution < 1.29 is 8.78 Å². The number of aromatic nitrogens is 5. The van der Waals surface area contributed by atoms with Crippen molar-refractivity contribution in [3.05, 3.63) is 65.9 Å². The number of alkyl halides is 2. The highest BCUT2D eigenvalue weighted by Gasteiger charge is 2.43. The third kappa shape index (κ3) is 5.50. The number of rotatable bonds is 7. The summed E-state index contributed by atoms with van der Waals surface area (Å²) in [6.07, 6.45) is 8.24. The summed E-state index contributed by atoms with van der Waals surface area (Å²) in [5.41, 5.74) is 3.97. The molecule has 0 spiro atoms. The highest BCUT2D eigenvalue weighted by molar-refractivity contribution is 9.10. The zero-order chi connectivity index (χ0) is 26.9. The molecule has 2 aliphatic heterocycles. The summed E-state index contributed by atoms with van der Waals surface area (Å²) in [5.74, 6) is -2.61. The standard InChI is InChI=1S/C28H32BrF2N7/c1-4-6-20-9-12-36(13-10-20)26-16-22(29)7-8-25(26)38-18-24(34-35-38)23-15-19(3)32-27(33-23)37-14-11-28(30,31)21(5-2)17-37/h4-5,7-8,15-16,18,20-21H,1-2,6,9-14,17H2,3H3. The first-order valence-corrected chi connectivity index (χ1v) is 13.8. The molecule has 200 valence electrons. The van der Waals surface area contributed by atoms with E-state index < -0.39 is 11.8 Å². The van der Waals surface area contributed by atoms with E-state index in [2.05, 4.69) is 55.4 Å². The first kappa shape index (κ1) is 26.5. The van der Waals surface area contributed by atoms with Gasteiger partial charge in [-0.05, 0) is 56.4 Å². The number of allylic oxidation sites excluding steroid dienone is 1. The molecule has 38 heavy (non-hydrogen) atoms. The Morgan fingerprint density at radius 1 is 1.05 bits per heavy atom. The fourth-order valence-electron chi connectivity index (χ4n) is 5.27. The van der Waals surface area contributed by atoms with Gasteiger partial charge in [-0.15, -0.1) is 18.3 Å². The molecule has 1 unspecified atom stereocenters. The zero-order valence-corrected chi connectivity index (χ0v) is 23.1. The summed E-state index contributed by atoms with van der Waals surface area (Å²) < 4.78 is 31.2. The Morgan fingerprint density at radius 2 is 1.84 bits per heavy atom. The molecule has 0 amide bonds. The lowest BCUT2D eigenvalue weighted by Gasteiger charge is -2.37. The maximum Gasteiger partial charge on any atom is 0.257 e. The molecule has 2 fully saturated rings. The van der Waals surface area contributed by atoms with Crippen LogP contribution in [0.5, 0.6) is 0 Å². The Labute approximate surface area is 230 Å². The molecule has 3 aromatic rings. The number of nitrogens with zero attached hydrogens (tertiary/aromatic N) is 7. The van der Waals surface area contributed by atoms with Crippen LogP contribution in [0.1, 0.15) is 31.4 Å². The first-order chi connectivity index (χ1) is 18.3. The summed E-state index contributed by atoms with van der Waals surface area (Å²) in [6.45, 7) is 11.6. The predicted octanol–water partition coefficient (Wildman–Crippen LogP) is 6.24. The van der Waals surface area contributed by atoms with Crippen LogP contribution in [-0.4, -0.2) is 57.1 Å². The lowest BCUT2D eigenvalue weighted by atomic mass is 9.93. The van der Waals surface area contributed by atoms with Crippen molar-refractivity contribution in [1.29, 1.82) is 0 Å². The zero-order valence-electron chi connectivity index (χ0n) is 21.5. The summed E-state index contributed by atoms with van der Waals surface area (Å²) in [4.78, 5) is 13.4. The van der Waals surface area contributed by atoms with Crippen LogP contribution < -0.4 is 9.80 Å².